The maximum Gasteiger partial charge on any atom is 0.393 e. The van der Waals surface area contributed by atoms with Gasteiger partial charge in [-0.2, -0.15) is 13.2 Å². The fourth-order valence-electron chi connectivity index (χ4n) is 2.82. The van der Waals surface area contributed by atoms with Gasteiger partial charge in [0.05, 0.1) is 5.92 Å². The highest BCUT2D eigenvalue weighted by Crippen LogP contribution is 2.53. The molecule has 1 nitrogen and oxygen atoms in total. The van der Waals surface area contributed by atoms with E-state index in [1.165, 1.54) is 0 Å². The molecule has 0 heterocycles. The van der Waals surface area contributed by atoms with E-state index in [2.05, 4.69) is 0 Å². The Bertz CT molecular complexity index is 187. The maximum absolute atomic E-state index is 12.4. The minimum absolute atomic E-state index is 0.140. The second kappa shape index (κ2) is 2.37. The molecule has 2 fully saturated rings. The van der Waals surface area contributed by atoms with Crippen LogP contribution in [0.25, 0.3) is 0 Å². The molecule has 2 N–H and O–H groups in total. The Morgan fingerprint density at radius 3 is 2.00 bits per heavy atom. The molecule has 2 aliphatic carbocycles. The third-order valence-corrected chi connectivity index (χ3v) is 3.36. The first-order chi connectivity index (χ1) is 5.50. The summed E-state index contributed by atoms with van der Waals surface area (Å²) in [6, 6.07) is -0.622. The van der Waals surface area contributed by atoms with Crippen LogP contribution < -0.4 is 5.73 Å². The van der Waals surface area contributed by atoms with E-state index in [0.717, 1.165) is 12.8 Å². The first-order valence-corrected chi connectivity index (χ1v) is 4.32. The van der Waals surface area contributed by atoms with Crippen LogP contribution >= 0.6 is 0 Å². The van der Waals surface area contributed by atoms with Crippen molar-refractivity contribution < 1.29 is 13.2 Å². The molecule has 2 aliphatic rings. The Hall–Kier alpha value is -0.250. The van der Waals surface area contributed by atoms with Gasteiger partial charge in [-0.1, -0.05) is 0 Å². The summed E-state index contributed by atoms with van der Waals surface area (Å²) in [6.45, 7) is 0. The van der Waals surface area contributed by atoms with Gasteiger partial charge >= 0.3 is 6.18 Å². The molecule has 0 aromatic heterocycles. The fraction of sp³-hybridized carbons (Fsp3) is 1.00. The molecule has 0 unspecified atom stereocenters. The summed E-state index contributed by atoms with van der Waals surface area (Å²) in [5, 5.41) is 0. The summed E-state index contributed by atoms with van der Waals surface area (Å²) in [5.74, 6) is -1.25. The predicted octanol–water partition coefficient (Wildman–Crippen LogP) is 1.92. The zero-order valence-electron chi connectivity index (χ0n) is 6.64. The minimum Gasteiger partial charge on any atom is -0.327 e. The highest BCUT2D eigenvalue weighted by atomic mass is 19.4. The van der Waals surface area contributed by atoms with Gasteiger partial charge in [-0.25, -0.2) is 0 Å². The van der Waals surface area contributed by atoms with Crippen molar-refractivity contribution in [2.24, 2.45) is 23.5 Å². The molecule has 2 bridgehead atoms. The number of hydrogen-bond donors (Lipinski definition) is 1. The van der Waals surface area contributed by atoms with Crippen molar-refractivity contribution in [1.29, 1.82) is 0 Å². The van der Waals surface area contributed by atoms with E-state index >= 15 is 0 Å². The third kappa shape index (κ3) is 1.04. The molecule has 0 amide bonds. The van der Waals surface area contributed by atoms with Crippen LogP contribution in [-0.4, -0.2) is 12.2 Å². The van der Waals surface area contributed by atoms with E-state index in [1.54, 1.807) is 0 Å². The van der Waals surface area contributed by atoms with Gasteiger partial charge in [-0.3, -0.25) is 0 Å². The molecule has 0 aliphatic heterocycles. The summed E-state index contributed by atoms with van der Waals surface area (Å²) in [7, 11) is 0. The van der Waals surface area contributed by atoms with Crippen molar-refractivity contribution in [2.45, 2.75) is 31.5 Å². The largest absolute Gasteiger partial charge is 0.393 e. The zero-order valence-corrected chi connectivity index (χ0v) is 6.64. The van der Waals surface area contributed by atoms with Crippen molar-refractivity contribution in [3.8, 4) is 0 Å². The van der Waals surface area contributed by atoms with Gasteiger partial charge in [0.1, 0.15) is 0 Å². The topological polar surface area (TPSA) is 26.0 Å². The van der Waals surface area contributed by atoms with Gasteiger partial charge in [0, 0.05) is 6.04 Å². The smallest absolute Gasteiger partial charge is 0.327 e. The van der Waals surface area contributed by atoms with E-state index in [0.29, 0.717) is 6.42 Å². The predicted molar refractivity (Wildman–Crippen MR) is 38.4 cm³/mol. The Labute approximate surface area is 69.1 Å². The Kier molecular flexibility index (Phi) is 1.65. The van der Waals surface area contributed by atoms with Gasteiger partial charge in [0.25, 0.3) is 0 Å². The second-order valence-corrected chi connectivity index (χ2v) is 3.98. The average Bonchev–Trinajstić information content (AvgIpc) is 2.42. The van der Waals surface area contributed by atoms with Gasteiger partial charge in [0.2, 0.25) is 0 Å². The minimum atomic E-state index is -4.07. The number of nitrogens with two attached hydrogens (primary N) is 1. The van der Waals surface area contributed by atoms with Gasteiger partial charge < -0.3 is 5.73 Å². The number of alkyl halides is 3. The summed E-state index contributed by atoms with van der Waals surface area (Å²) in [5.41, 5.74) is 5.53. The van der Waals surface area contributed by atoms with E-state index in [9.17, 15) is 13.2 Å². The first-order valence-electron chi connectivity index (χ1n) is 4.32. The molecular weight excluding hydrogens is 167 g/mol. The molecule has 70 valence electrons. The molecule has 0 saturated heterocycles. The lowest BCUT2D eigenvalue weighted by atomic mass is 9.84. The number of rotatable bonds is 0. The van der Waals surface area contributed by atoms with Crippen molar-refractivity contribution >= 4 is 0 Å². The molecule has 4 atom stereocenters. The summed E-state index contributed by atoms with van der Waals surface area (Å²) in [6.07, 6.45) is -1.74. The van der Waals surface area contributed by atoms with E-state index in [-0.39, 0.29) is 11.8 Å². The average molecular weight is 179 g/mol. The molecule has 4 heteroatoms. The first kappa shape index (κ1) is 8.35. The monoisotopic (exact) mass is 179 g/mol. The standard InChI is InChI=1S/C8H12F3N/c9-8(10,11)6-4-1-2-5(3-4)7(6)12/h4-7H,1-3,12H2/t4-,5+,6-,7-/m0/s1. The molecule has 0 aromatic carbocycles. The third-order valence-electron chi connectivity index (χ3n) is 3.36. The van der Waals surface area contributed by atoms with Crippen LogP contribution in [-0.2, 0) is 0 Å². The number of fused-ring (bicyclic) bond motifs is 2. The van der Waals surface area contributed by atoms with Gasteiger partial charge in [0.15, 0.2) is 0 Å². The van der Waals surface area contributed by atoms with Crippen molar-refractivity contribution in [1.82, 2.24) is 0 Å². The van der Waals surface area contributed by atoms with E-state index in [1.807, 2.05) is 0 Å². The maximum atomic E-state index is 12.4. The summed E-state index contributed by atoms with van der Waals surface area (Å²) < 4.78 is 37.2. The van der Waals surface area contributed by atoms with Crippen molar-refractivity contribution in [3.05, 3.63) is 0 Å². The molecule has 2 rings (SSSR count). The van der Waals surface area contributed by atoms with Crippen LogP contribution in [0.1, 0.15) is 19.3 Å². The Balaban J connectivity index is 2.17. The van der Waals surface area contributed by atoms with E-state index < -0.39 is 18.1 Å². The van der Waals surface area contributed by atoms with Crippen LogP contribution in [0.3, 0.4) is 0 Å². The zero-order chi connectivity index (χ0) is 8.93. The SMILES string of the molecule is N[C@H]1[C@@H]2CC[C@@H](C2)[C@@H]1C(F)(F)F. The van der Waals surface area contributed by atoms with Crippen molar-refractivity contribution in [2.75, 3.05) is 0 Å². The van der Waals surface area contributed by atoms with Crippen LogP contribution in [0.2, 0.25) is 0 Å². The quantitative estimate of drug-likeness (QED) is 0.604. The van der Waals surface area contributed by atoms with E-state index in [4.69, 9.17) is 5.73 Å². The van der Waals surface area contributed by atoms with Crippen molar-refractivity contribution in [3.63, 3.8) is 0 Å². The highest BCUT2D eigenvalue weighted by molar-refractivity contribution is 5.01. The number of hydrogen-bond acceptors (Lipinski definition) is 1. The lowest BCUT2D eigenvalue weighted by Gasteiger charge is -2.29. The van der Waals surface area contributed by atoms with Crippen LogP contribution in [0.4, 0.5) is 13.2 Å². The van der Waals surface area contributed by atoms with Gasteiger partial charge in [-0.05, 0) is 31.1 Å². The highest BCUT2D eigenvalue weighted by Gasteiger charge is 2.57. The fourth-order valence-corrected chi connectivity index (χ4v) is 2.82. The molecule has 0 aromatic rings. The molecule has 12 heavy (non-hydrogen) atoms. The van der Waals surface area contributed by atoms with Crippen LogP contribution in [0, 0.1) is 17.8 Å². The Morgan fingerprint density at radius 2 is 1.67 bits per heavy atom. The summed E-state index contributed by atoms with van der Waals surface area (Å²) >= 11 is 0. The second-order valence-electron chi connectivity index (χ2n) is 3.98. The molecule has 0 radical (unpaired) electrons. The lowest BCUT2D eigenvalue weighted by molar-refractivity contribution is -0.190. The van der Waals surface area contributed by atoms with Gasteiger partial charge in [-0.15, -0.1) is 0 Å². The molecule has 0 spiro atoms. The van der Waals surface area contributed by atoms with Crippen LogP contribution in [0.15, 0.2) is 0 Å². The molecular formula is C8H12F3N. The number of halogens is 3. The summed E-state index contributed by atoms with van der Waals surface area (Å²) in [4.78, 5) is 0. The lowest BCUT2D eigenvalue weighted by Crippen LogP contribution is -2.43. The Morgan fingerprint density at radius 1 is 1.08 bits per heavy atom. The normalized spacial score (nSPS) is 47.0. The van der Waals surface area contributed by atoms with Crippen LogP contribution in [0.5, 0.6) is 0 Å². The molecule has 2 saturated carbocycles.